The second-order valence-corrected chi connectivity index (χ2v) is 23.3. The van der Waals surface area contributed by atoms with Gasteiger partial charge in [-0.15, -0.1) is 0 Å². The molecule has 9 nitrogen and oxygen atoms in total. The SMILES string of the molecule is CC(C)(C)c1cc(-c2ccccc2-n2c3ccc(-c4cc(-c5cc(C#N)cc(C#N)c5)cc(-c5cc(C#N)cc(C#N)c5)c4)cc3c3cc(-c4cc(-c5cc(C#N)cc(C#N)c5)cc(-c5cc(C#N)cc(C#N)c5)c4)ccc32)cc(C(C)(C)C)c1. The first kappa shape index (κ1) is 54.9. The van der Waals surface area contributed by atoms with Crippen LogP contribution in [0.15, 0.2) is 188 Å². The van der Waals surface area contributed by atoms with Crippen molar-refractivity contribution in [2.24, 2.45) is 0 Å². The highest BCUT2D eigenvalue weighted by molar-refractivity contribution is 6.12. The highest BCUT2D eigenvalue weighted by Crippen LogP contribution is 2.44. The molecule has 0 aliphatic rings. The van der Waals surface area contributed by atoms with Gasteiger partial charge < -0.3 is 4.57 Å². The van der Waals surface area contributed by atoms with Gasteiger partial charge in [-0.05, 0) is 234 Å². The molecule has 1 aromatic heterocycles. The summed E-state index contributed by atoms with van der Waals surface area (Å²) in [5.74, 6) is 0. The van der Waals surface area contributed by atoms with Gasteiger partial charge in [0.15, 0.2) is 0 Å². The fourth-order valence-electron chi connectivity index (χ4n) is 11.2. The van der Waals surface area contributed by atoms with E-state index in [1.54, 1.807) is 72.8 Å². The normalized spacial score (nSPS) is 11.1. The number of para-hydroxylation sites is 1. The average Bonchev–Trinajstić information content (AvgIpc) is 1.72. The largest absolute Gasteiger partial charge is 0.309 e. The highest BCUT2D eigenvalue weighted by atomic mass is 15.0. The lowest BCUT2D eigenvalue weighted by Crippen LogP contribution is -2.16. The van der Waals surface area contributed by atoms with Crippen LogP contribution in [0.1, 0.15) is 97.2 Å². The molecule has 10 aromatic carbocycles. The van der Waals surface area contributed by atoms with Crippen molar-refractivity contribution < 1.29 is 0 Å². The molecule has 0 atom stereocenters. The van der Waals surface area contributed by atoms with Gasteiger partial charge in [0, 0.05) is 16.3 Å². The van der Waals surface area contributed by atoms with Crippen molar-refractivity contribution in [1.29, 1.82) is 42.1 Å². The molecule has 85 heavy (non-hydrogen) atoms. The smallest absolute Gasteiger partial charge is 0.0992 e. The Bertz CT molecular complexity index is 4410. The van der Waals surface area contributed by atoms with Gasteiger partial charge in [0.05, 0.1) is 110 Å². The Kier molecular flexibility index (Phi) is 14.0. The molecule has 0 saturated carbocycles. The summed E-state index contributed by atoms with van der Waals surface area (Å²) in [4.78, 5) is 0. The molecule has 9 heteroatoms. The fourth-order valence-corrected chi connectivity index (χ4v) is 11.2. The van der Waals surface area contributed by atoms with E-state index in [0.29, 0.717) is 89.0 Å². The minimum atomic E-state index is -0.140. The minimum absolute atomic E-state index is 0.140. The molecule has 0 radical (unpaired) electrons. The molecule has 0 aliphatic heterocycles. The lowest BCUT2D eigenvalue weighted by atomic mass is 9.79. The van der Waals surface area contributed by atoms with E-state index in [1.807, 2.05) is 36.4 Å². The molecule has 0 aliphatic carbocycles. The van der Waals surface area contributed by atoms with Crippen LogP contribution in [0, 0.1) is 90.6 Å². The van der Waals surface area contributed by atoms with Crippen molar-refractivity contribution in [2.75, 3.05) is 0 Å². The lowest BCUT2D eigenvalue weighted by molar-refractivity contribution is 0.569. The molecular weight excluding hydrogens is 1040 g/mol. The summed E-state index contributed by atoms with van der Waals surface area (Å²) in [5.41, 5.74) is 18.5. The van der Waals surface area contributed by atoms with E-state index in [1.165, 1.54) is 11.1 Å². The van der Waals surface area contributed by atoms with Gasteiger partial charge in [-0.2, -0.15) is 42.1 Å². The number of hydrogen-bond donors (Lipinski definition) is 0. The van der Waals surface area contributed by atoms with Crippen LogP contribution < -0.4 is 0 Å². The Morgan fingerprint density at radius 1 is 0.259 bits per heavy atom. The van der Waals surface area contributed by atoms with E-state index in [0.717, 1.165) is 60.9 Å². The van der Waals surface area contributed by atoms with Crippen LogP contribution in [0.25, 0.3) is 105 Å². The van der Waals surface area contributed by atoms with Crippen LogP contribution in [0.5, 0.6) is 0 Å². The first-order valence-corrected chi connectivity index (χ1v) is 27.4. The quantitative estimate of drug-likeness (QED) is 0.143. The van der Waals surface area contributed by atoms with E-state index >= 15 is 0 Å². The standard InChI is InChI=1S/C76H49N9/c1-75(2,3)67-33-66(34-68(37-67)76(4,5)6)69-9-7-8-10-72(69)85-73-13-11-54(60-27-62(56-19-46(38-77)15-47(20-56)39-78)31-63(28-60)57-21-48(40-79)16-49(22-57)41-80)35-70(73)71-36-55(12-14-74(71)85)61-29-64(58-23-50(42-81)17-51(24-58)43-82)32-65(30-61)59-25-52(44-83)18-53(26-59)45-84/h7-37H,1-6H3. The van der Waals surface area contributed by atoms with Crippen molar-refractivity contribution in [2.45, 2.75) is 52.4 Å². The third-order valence-corrected chi connectivity index (χ3v) is 15.5. The molecule has 0 unspecified atom stereocenters. The van der Waals surface area contributed by atoms with Gasteiger partial charge in [-0.3, -0.25) is 0 Å². The molecule has 0 amide bonds. The summed E-state index contributed by atoms with van der Waals surface area (Å²) >= 11 is 0. The Hall–Kier alpha value is -12.1. The molecule has 1 heterocycles. The first-order valence-electron chi connectivity index (χ1n) is 27.4. The molecule has 0 saturated heterocycles. The average molecular weight is 1090 g/mol. The summed E-state index contributed by atoms with van der Waals surface area (Å²) < 4.78 is 2.32. The third kappa shape index (κ3) is 10.7. The second kappa shape index (κ2) is 21.8. The lowest BCUT2D eigenvalue weighted by Gasteiger charge is -2.27. The molecule has 0 bridgehead atoms. The van der Waals surface area contributed by atoms with E-state index in [9.17, 15) is 42.1 Å². The molecule has 398 valence electrons. The number of nitrogens with zero attached hydrogens (tertiary/aromatic N) is 9. The monoisotopic (exact) mass is 1090 g/mol. The summed E-state index contributed by atoms with van der Waals surface area (Å²) in [6, 6.07) is 78.1. The van der Waals surface area contributed by atoms with Crippen LogP contribution in [0.3, 0.4) is 0 Å². The van der Waals surface area contributed by atoms with Crippen molar-refractivity contribution in [3.8, 4) is 132 Å². The number of rotatable bonds is 8. The van der Waals surface area contributed by atoms with Crippen LogP contribution in [0.4, 0.5) is 0 Å². The zero-order valence-corrected chi connectivity index (χ0v) is 47.4. The number of fused-ring (bicyclic) bond motifs is 3. The van der Waals surface area contributed by atoms with E-state index in [2.05, 4.69) is 174 Å². The van der Waals surface area contributed by atoms with Crippen LogP contribution in [-0.2, 0) is 10.8 Å². The summed E-state index contributed by atoms with van der Waals surface area (Å²) in [5, 5.41) is 82.5. The Morgan fingerprint density at radius 2 is 0.529 bits per heavy atom. The van der Waals surface area contributed by atoms with Gasteiger partial charge in [-0.25, -0.2) is 0 Å². The minimum Gasteiger partial charge on any atom is -0.309 e. The molecule has 0 fully saturated rings. The second-order valence-electron chi connectivity index (χ2n) is 23.3. The van der Waals surface area contributed by atoms with Crippen LogP contribution in [-0.4, -0.2) is 4.57 Å². The Labute approximate surface area is 494 Å². The van der Waals surface area contributed by atoms with Crippen molar-refractivity contribution >= 4 is 21.8 Å². The maximum absolute atomic E-state index is 10.1. The van der Waals surface area contributed by atoms with Gasteiger partial charge >= 0.3 is 0 Å². The van der Waals surface area contributed by atoms with E-state index in [4.69, 9.17) is 0 Å². The highest BCUT2D eigenvalue weighted by Gasteiger charge is 2.24. The van der Waals surface area contributed by atoms with Gasteiger partial charge in [0.25, 0.3) is 0 Å². The van der Waals surface area contributed by atoms with E-state index in [-0.39, 0.29) is 10.8 Å². The van der Waals surface area contributed by atoms with Gasteiger partial charge in [-0.1, -0.05) is 90.1 Å². The molecule has 0 spiro atoms. The summed E-state index contributed by atoms with van der Waals surface area (Å²) in [6.45, 7) is 13.4. The fraction of sp³-hybridized carbons (Fsp3) is 0.105. The number of hydrogen-bond acceptors (Lipinski definition) is 8. The number of aromatic nitrogens is 1. The third-order valence-electron chi connectivity index (χ3n) is 15.5. The first-order chi connectivity index (χ1) is 40.9. The topological polar surface area (TPSA) is 195 Å². The molecule has 0 N–H and O–H groups in total. The van der Waals surface area contributed by atoms with Crippen LogP contribution in [0.2, 0.25) is 0 Å². The van der Waals surface area contributed by atoms with E-state index < -0.39 is 0 Å². The molecular formula is C76H49N9. The Morgan fingerprint density at radius 3 is 0.812 bits per heavy atom. The molecule has 11 aromatic rings. The maximum Gasteiger partial charge on any atom is 0.0992 e. The van der Waals surface area contributed by atoms with Crippen LogP contribution >= 0.6 is 0 Å². The van der Waals surface area contributed by atoms with Crippen molar-refractivity contribution in [3.05, 3.63) is 244 Å². The number of benzene rings is 10. The predicted molar refractivity (Wildman–Crippen MR) is 334 cm³/mol. The number of nitriles is 8. The van der Waals surface area contributed by atoms with Gasteiger partial charge in [0.2, 0.25) is 0 Å². The van der Waals surface area contributed by atoms with Crippen molar-refractivity contribution in [1.82, 2.24) is 4.57 Å². The summed E-state index contributed by atoms with van der Waals surface area (Å²) in [7, 11) is 0. The zero-order valence-electron chi connectivity index (χ0n) is 47.4. The van der Waals surface area contributed by atoms with Crippen molar-refractivity contribution in [3.63, 3.8) is 0 Å². The molecule has 11 rings (SSSR count). The Balaban J connectivity index is 1.21. The predicted octanol–water partition coefficient (Wildman–Crippen LogP) is 18.0. The van der Waals surface area contributed by atoms with Gasteiger partial charge in [0.1, 0.15) is 0 Å². The maximum atomic E-state index is 10.1. The zero-order chi connectivity index (χ0) is 59.9. The summed E-state index contributed by atoms with van der Waals surface area (Å²) in [6.07, 6.45) is 0.